The number of esters is 1. The van der Waals surface area contributed by atoms with E-state index in [9.17, 15) is 9.59 Å². The summed E-state index contributed by atoms with van der Waals surface area (Å²) in [6, 6.07) is 12.9. The van der Waals surface area contributed by atoms with Crippen LogP contribution < -0.4 is 0 Å². The minimum Gasteiger partial charge on any atom is -0.455 e. The molecule has 0 aliphatic carbocycles. The Bertz CT molecular complexity index is 759. The van der Waals surface area contributed by atoms with Gasteiger partial charge in [-0.25, -0.2) is 4.79 Å². The smallest absolute Gasteiger partial charge is 0.380 e. The first-order chi connectivity index (χ1) is 11.0. The molecule has 23 heavy (non-hydrogen) atoms. The predicted molar refractivity (Wildman–Crippen MR) is 90.1 cm³/mol. The number of carbonyl (C=O) groups excluding carboxylic acids is 2. The number of hydrogen-bond acceptors (Lipinski definition) is 3. The second-order valence-electron chi connectivity index (χ2n) is 5.27. The molecule has 0 bridgehead atoms. The van der Waals surface area contributed by atoms with Gasteiger partial charge in [0.2, 0.25) is 0 Å². The van der Waals surface area contributed by atoms with Crippen molar-refractivity contribution in [1.29, 1.82) is 0 Å². The molecule has 3 heteroatoms. The van der Waals surface area contributed by atoms with Gasteiger partial charge in [-0.05, 0) is 42.2 Å². The Balaban J connectivity index is 2.16. The third-order valence-electron chi connectivity index (χ3n) is 3.45. The van der Waals surface area contributed by atoms with Crippen LogP contribution in [0.4, 0.5) is 0 Å². The van der Waals surface area contributed by atoms with Crippen molar-refractivity contribution in [3.8, 4) is 0 Å². The van der Waals surface area contributed by atoms with Crippen molar-refractivity contribution in [3.05, 3.63) is 82.6 Å². The molecule has 3 nitrogen and oxygen atoms in total. The van der Waals surface area contributed by atoms with Crippen LogP contribution in [0.15, 0.2) is 54.8 Å². The maximum Gasteiger partial charge on any atom is 0.380 e. The number of ether oxygens (including phenoxy) is 1. The molecule has 2 rings (SSSR count). The summed E-state index contributed by atoms with van der Waals surface area (Å²) in [7, 11) is 0. The first kappa shape index (κ1) is 16.5. The van der Waals surface area contributed by atoms with Crippen molar-refractivity contribution in [3.63, 3.8) is 0 Å². The Morgan fingerprint density at radius 3 is 2.30 bits per heavy atom. The van der Waals surface area contributed by atoms with Crippen LogP contribution in [0, 0.1) is 13.8 Å². The number of benzene rings is 2. The van der Waals surface area contributed by atoms with E-state index in [1.807, 2.05) is 42.5 Å². The molecule has 2 aromatic rings. The molecule has 0 heterocycles. The molecule has 0 spiro atoms. The maximum absolute atomic E-state index is 12.4. The lowest BCUT2D eigenvalue weighted by Crippen LogP contribution is -2.19. The number of ketones is 1. The SMILES string of the molecule is C=C=Cc1cc(C)c(C(=O)C(=O)OCc2ccccc2)c(C)c1. The standard InChI is InChI=1S/C20H18O3/c1-4-8-17-11-14(2)18(15(3)12-17)19(21)20(22)23-13-16-9-6-5-7-10-16/h5-12H,1,13H2,2-3H3. The molecule has 0 fully saturated rings. The van der Waals surface area contributed by atoms with Crippen molar-refractivity contribution in [2.75, 3.05) is 0 Å². The third kappa shape index (κ3) is 4.06. The summed E-state index contributed by atoms with van der Waals surface area (Å²) in [5, 5.41) is 0. The van der Waals surface area contributed by atoms with E-state index in [2.05, 4.69) is 12.3 Å². The van der Waals surface area contributed by atoms with Crippen LogP contribution in [-0.4, -0.2) is 11.8 Å². The first-order valence-corrected chi connectivity index (χ1v) is 7.25. The second kappa shape index (κ2) is 7.39. The van der Waals surface area contributed by atoms with Crippen molar-refractivity contribution in [1.82, 2.24) is 0 Å². The van der Waals surface area contributed by atoms with Gasteiger partial charge in [0.05, 0.1) is 0 Å². The summed E-state index contributed by atoms with van der Waals surface area (Å²) in [4.78, 5) is 24.4. The van der Waals surface area contributed by atoms with Gasteiger partial charge in [0, 0.05) is 5.56 Å². The number of hydrogen-bond donors (Lipinski definition) is 0. The predicted octanol–water partition coefficient (Wildman–Crippen LogP) is 4.03. The summed E-state index contributed by atoms with van der Waals surface area (Å²) >= 11 is 0. The van der Waals surface area contributed by atoms with Crippen LogP contribution in [-0.2, 0) is 16.1 Å². The zero-order valence-corrected chi connectivity index (χ0v) is 13.3. The molecule has 2 aromatic carbocycles. The highest BCUT2D eigenvalue weighted by atomic mass is 16.5. The van der Waals surface area contributed by atoms with Gasteiger partial charge in [0.15, 0.2) is 0 Å². The van der Waals surface area contributed by atoms with E-state index in [4.69, 9.17) is 4.74 Å². The molecule has 0 radical (unpaired) electrons. The molecule has 0 unspecified atom stereocenters. The fraction of sp³-hybridized carbons (Fsp3) is 0.150. The van der Waals surface area contributed by atoms with E-state index in [1.54, 1.807) is 19.9 Å². The molecule has 0 aliphatic heterocycles. The van der Waals surface area contributed by atoms with Gasteiger partial charge in [-0.15, -0.1) is 5.73 Å². The summed E-state index contributed by atoms with van der Waals surface area (Å²) < 4.78 is 5.11. The molecule has 0 aromatic heterocycles. The van der Waals surface area contributed by atoms with Gasteiger partial charge in [-0.1, -0.05) is 49.0 Å². The van der Waals surface area contributed by atoms with Gasteiger partial charge in [0.25, 0.3) is 5.78 Å². The highest BCUT2D eigenvalue weighted by Crippen LogP contribution is 2.19. The summed E-state index contributed by atoms with van der Waals surface area (Å²) in [5.74, 6) is -1.46. The van der Waals surface area contributed by atoms with E-state index in [-0.39, 0.29) is 6.61 Å². The van der Waals surface area contributed by atoms with Crippen LogP contribution in [0.2, 0.25) is 0 Å². The molecule has 116 valence electrons. The van der Waals surface area contributed by atoms with Gasteiger partial charge in [-0.3, -0.25) is 4.79 Å². The normalized spacial score (nSPS) is 9.83. The lowest BCUT2D eigenvalue weighted by Gasteiger charge is -2.10. The van der Waals surface area contributed by atoms with E-state index in [0.717, 1.165) is 22.3 Å². The van der Waals surface area contributed by atoms with E-state index in [0.29, 0.717) is 5.56 Å². The van der Waals surface area contributed by atoms with Crippen LogP contribution in [0.25, 0.3) is 6.08 Å². The Labute approximate surface area is 135 Å². The Morgan fingerprint density at radius 1 is 1.13 bits per heavy atom. The summed E-state index contributed by atoms with van der Waals surface area (Å²) in [5.41, 5.74) is 6.28. The lowest BCUT2D eigenvalue weighted by molar-refractivity contribution is -0.139. The monoisotopic (exact) mass is 306 g/mol. The van der Waals surface area contributed by atoms with Crippen LogP contribution in [0.3, 0.4) is 0 Å². The quantitative estimate of drug-likeness (QED) is 0.362. The highest BCUT2D eigenvalue weighted by Gasteiger charge is 2.22. The van der Waals surface area contributed by atoms with Gasteiger partial charge < -0.3 is 4.74 Å². The Morgan fingerprint density at radius 2 is 1.74 bits per heavy atom. The fourth-order valence-electron chi connectivity index (χ4n) is 2.45. The largest absolute Gasteiger partial charge is 0.455 e. The van der Waals surface area contributed by atoms with Gasteiger partial charge in [0.1, 0.15) is 6.61 Å². The van der Waals surface area contributed by atoms with Crippen molar-refractivity contribution < 1.29 is 14.3 Å². The molecular formula is C20H18O3. The minimum atomic E-state index is -0.841. The average Bonchev–Trinajstić information content (AvgIpc) is 2.53. The highest BCUT2D eigenvalue weighted by molar-refractivity contribution is 6.41. The molecule has 0 saturated carbocycles. The zero-order valence-electron chi connectivity index (χ0n) is 13.3. The molecule has 0 atom stereocenters. The van der Waals surface area contributed by atoms with Crippen molar-refractivity contribution >= 4 is 17.8 Å². The lowest BCUT2D eigenvalue weighted by atomic mass is 9.96. The van der Waals surface area contributed by atoms with Crippen molar-refractivity contribution in [2.24, 2.45) is 0 Å². The van der Waals surface area contributed by atoms with E-state index in [1.165, 1.54) is 0 Å². The minimum absolute atomic E-state index is 0.0841. The third-order valence-corrected chi connectivity index (χ3v) is 3.45. The average molecular weight is 306 g/mol. The number of carbonyl (C=O) groups is 2. The fourth-order valence-corrected chi connectivity index (χ4v) is 2.45. The Hall–Kier alpha value is -2.90. The molecule has 0 N–H and O–H groups in total. The van der Waals surface area contributed by atoms with Gasteiger partial charge in [-0.2, -0.15) is 0 Å². The van der Waals surface area contributed by atoms with Crippen LogP contribution in [0.5, 0.6) is 0 Å². The zero-order chi connectivity index (χ0) is 16.8. The number of rotatable bonds is 5. The topological polar surface area (TPSA) is 43.4 Å². The number of aryl methyl sites for hydroxylation is 2. The van der Waals surface area contributed by atoms with Crippen LogP contribution in [0.1, 0.15) is 32.6 Å². The molecule has 0 saturated heterocycles. The van der Waals surface area contributed by atoms with Crippen LogP contribution >= 0.6 is 0 Å². The van der Waals surface area contributed by atoms with Gasteiger partial charge >= 0.3 is 5.97 Å². The maximum atomic E-state index is 12.4. The second-order valence-corrected chi connectivity index (χ2v) is 5.27. The Kier molecular flexibility index (Phi) is 5.29. The van der Waals surface area contributed by atoms with Crippen molar-refractivity contribution in [2.45, 2.75) is 20.5 Å². The molecular weight excluding hydrogens is 288 g/mol. The summed E-state index contributed by atoms with van der Waals surface area (Å²) in [6.07, 6.45) is 1.72. The first-order valence-electron chi connectivity index (χ1n) is 7.25. The number of Topliss-reactive ketones (excluding diaryl/α,β-unsaturated/α-hetero) is 1. The molecule has 0 aliphatic rings. The van der Waals surface area contributed by atoms with E-state index < -0.39 is 11.8 Å². The molecule has 0 amide bonds. The van der Waals surface area contributed by atoms with E-state index >= 15 is 0 Å². The summed E-state index contributed by atoms with van der Waals surface area (Å²) in [6.45, 7) is 7.21.